The molecule has 0 aromatic heterocycles. The van der Waals surface area contributed by atoms with Crippen molar-refractivity contribution in [2.24, 2.45) is 5.92 Å². The highest BCUT2D eigenvalue weighted by Gasteiger charge is 2.14. The molecule has 1 aromatic carbocycles. The maximum atomic E-state index is 12.9. The molecule has 0 fully saturated rings. The van der Waals surface area contributed by atoms with Crippen LogP contribution < -0.4 is 0 Å². The van der Waals surface area contributed by atoms with Crippen LogP contribution in [0, 0.1) is 11.7 Å². The Bertz CT molecular complexity index is 298. The van der Waals surface area contributed by atoms with Gasteiger partial charge in [-0.25, -0.2) is 4.39 Å². The molecule has 0 heterocycles. The lowest BCUT2D eigenvalue weighted by Gasteiger charge is -2.17. The summed E-state index contributed by atoms with van der Waals surface area (Å²) in [5, 5.41) is 0.103. The summed E-state index contributed by atoms with van der Waals surface area (Å²) in [7, 11) is 0. The van der Waals surface area contributed by atoms with Gasteiger partial charge in [-0.15, -0.1) is 11.6 Å². The molecule has 0 N–H and O–H groups in total. The highest BCUT2D eigenvalue weighted by Crippen LogP contribution is 2.20. The van der Waals surface area contributed by atoms with Gasteiger partial charge in [0, 0.05) is 5.38 Å². The minimum Gasteiger partial charge on any atom is -0.207 e. The van der Waals surface area contributed by atoms with Gasteiger partial charge >= 0.3 is 0 Å². The van der Waals surface area contributed by atoms with Gasteiger partial charge in [-0.1, -0.05) is 32.4 Å². The van der Waals surface area contributed by atoms with Crippen molar-refractivity contribution in [3.05, 3.63) is 35.6 Å². The molecule has 2 heteroatoms. The lowest BCUT2D eigenvalue weighted by Crippen LogP contribution is -2.14. The second-order valence-electron chi connectivity index (χ2n) is 4.12. The molecule has 84 valence electrons. The number of halogens is 2. The monoisotopic (exact) mass is 228 g/mol. The van der Waals surface area contributed by atoms with Gasteiger partial charge < -0.3 is 0 Å². The van der Waals surface area contributed by atoms with Gasteiger partial charge in [-0.3, -0.25) is 0 Å². The van der Waals surface area contributed by atoms with Crippen LogP contribution in [0.4, 0.5) is 4.39 Å². The Hall–Kier alpha value is -0.560. The van der Waals surface area contributed by atoms with Crippen molar-refractivity contribution in [2.45, 2.75) is 38.5 Å². The van der Waals surface area contributed by atoms with E-state index in [0.717, 1.165) is 24.8 Å². The van der Waals surface area contributed by atoms with Crippen LogP contribution in [0.1, 0.15) is 32.3 Å². The van der Waals surface area contributed by atoms with Crippen molar-refractivity contribution in [1.29, 1.82) is 0 Å². The second-order valence-corrected chi connectivity index (χ2v) is 4.68. The summed E-state index contributed by atoms with van der Waals surface area (Å²) in [6, 6.07) is 6.69. The maximum absolute atomic E-state index is 12.9. The van der Waals surface area contributed by atoms with Crippen molar-refractivity contribution < 1.29 is 4.39 Å². The second kappa shape index (κ2) is 6.12. The Kier molecular flexibility index (Phi) is 5.10. The molecule has 1 aromatic rings. The largest absolute Gasteiger partial charge is 0.207 e. The Morgan fingerprint density at radius 1 is 1.40 bits per heavy atom. The molecule has 0 saturated heterocycles. The van der Waals surface area contributed by atoms with Crippen LogP contribution in [-0.4, -0.2) is 5.38 Å². The number of hydrogen-bond acceptors (Lipinski definition) is 0. The van der Waals surface area contributed by atoms with Gasteiger partial charge in [0.2, 0.25) is 0 Å². The third-order valence-electron chi connectivity index (χ3n) is 2.68. The fraction of sp³-hybridized carbons (Fsp3) is 0.538. The molecule has 0 aliphatic rings. The smallest absolute Gasteiger partial charge is 0.123 e. The van der Waals surface area contributed by atoms with E-state index in [1.165, 1.54) is 6.07 Å². The average molecular weight is 229 g/mol. The average Bonchev–Trinajstić information content (AvgIpc) is 2.18. The van der Waals surface area contributed by atoms with Gasteiger partial charge in [-0.2, -0.15) is 0 Å². The summed E-state index contributed by atoms with van der Waals surface area (Å²) in [6.07, 6.45) is 3.03. The number of hydrogen-bond donors (Lipinski definition) is 0. The molecule has 0 nitrogen and oxygen atoms in total. The predicted octanol–water partition coefficient (Wildman–Crippen LogP) is 4.41. The minimum atomic E-state index is -0.181. The van der Waals surface area contributed by atoms with Crippen LogP contribution >= 0.6 is 11.6 Å². The van der Waals surface area contributed by atoms with Crippen LogP contribution in [0.15, 0.2) is 24.3 Å². The zero-order valence-corrected chi connectivity index (χ0v) is 10.1. The fourth-order valence-corrected chi connectivity index (χ4v) is 2.03. The van der Waals surface area contributed by atoms with E-state index in [0.29, 0.717) is 5.92 Å². The first-order chi connectivity index (χ1) is 7.13. The van der Waals surface area contributed by atoms with Gasteiger partial charge in [0.15, 0.2) is 0 Å². The van der Waals surface area contributed by atoms with Crippen LogP contribution in [-0.2, 0) is 6.42 Å². The molecule has 0 saturated carbocycles. The molecular formula is C13H18ClF. The van der Waals surface area contributed by atoms with E-state index < -0.39 is 0 Å². The molecular weight excluding hydrogens is 211 g/mol. The van der Waals surface area contributed by atoms with Crippen molar-refractivity contribution in [3.63, 3.8) is 0 Å². The predicted molar refractivity (Wildman–Crippen MR) is 63.8 cm³/mol. The molecule has 0 aliphatic carbocycles. The SMILES string of the molecule is CCCC(C)C(Cl)Cc1cccc(F)c1. The fourth-order valence-electron chi connectivity index (χ4n) is 1.73. The van der Waals surface area contributed by atoms with E-state index in [-0.39, 0.29) is 11.2 Å². The van der Waals surface area contributed by atoms with E-state index in [9.17, 15) is 4.39 Å². The summed E-state index contributed by atoms with van der Waals surface area (Å²) in [5.74, 6) is 0.305. The summed E-state index contributed by atoms with van der Waals surface area (Å²) in [6.45, 7) is 4.31. The van der Waals surface area contributed by atoms with Crippen molar-refractivity contribution in [1.82, 2.24) is 0 Å². The molecule has 1 rings (SSSR count). The topological polar surface area (TPSA) is 0 Å². The van der Waals surface area contributed by atoms with Crippen molar-refractivity contribution in [3.8, 4) is 0 Å². The molecule has 0 bridgehead atoms. The minimum absolute atomic E-state index is 0.103. The lowest BCUT2D eigenvalue weighted by molar-refractivity contribution is 0.493. The molecule has 0 amide bonds. The Balaban J connectivity index is 2.54. The lowest BCUT2D eigenvalue weighted by atomic mass is 9.96. The number of alkyl halides is 1. The van der Waals surface area contributed by atoms with Gasteiger partial charge in [0.25, 0.3) is 0 Å². The van der Waals surface area contributed by atoms with Crippen LogP contribution in [0.25, 0.3) is 0 Å². The van der Waals surface area contributed by atoms with E-state index in [2.05, 4.69) is 13.8 Å². The van der Waals surface area contributed by atoms with E-state index >= 15 is 0 Å². The molecule has 15 heavy (non-hydrogen) atoms. The van der Waals surface area contributed by atoms with E-state index in [1.807, 2.05) is 6.07 Å². The Morgan fingerprint density at radius 2 is 2.13 bits per heavy atom. The molecule has 0 radical (unpaired) electrons. The first-order valence-corrected chi connectivity index (χ1v) is 5.95. The summed E-state index contributed by atoms with van der Waals surface area (Å²) < 4.78 is 12.9. The van der Waals surface area contributed by atoms with Crippen molar-refractivity contribution >= 4 is 11.6 Å². The number of benzene rings is 1. The Labute approximate surface area is 96.5 Å². The zero-order valence-electron chi connectivity index (χ0n) is 9.34. The van der Waals surface area contributed by atoms with E-state index in [1.54, 1.807) is 12.1 Å². The first-order valence-electron chi connectivity index (χ1n) is 5.52. The molecule has 2 atom stereocenters. The first kappa shape index (κ1) is 12.5. The summed E-state index contributed by atoms with van der Waals surface area (Å²) in [4.78, 5) is 0. The third kappa shape index (κ3) is 4.21. The highest BCUT2D eigenvalue weighted by molar-refractivity contribution is 6.20. The van der Waals surface area contributed by atoms with Crippen LogP contribution in [0.5, 0.6) is 0 Å². The highest BCUT2D eigenvalue weighted by atomic mass is 35.5. The maximum Gasteiger partial charge on any atom is 0.123 e. The van der Waals surface area contributed by atoms with Crippen LogP contribution in [0.2, 0.25) is 0 Å². The third-order valence-corrected chi connectivity index (χ3v) is 3.27. The van der Waals surface area contributed by atoms with Crippen molar-refractivity contribution in [2.75, 3.05) is 0 Å². The van der Waals surface area contributed by atoms with Gasteiger partial charge in [0.05, 0.1) is 0 Å². The van der Waals surface area contributed by atoms with Crippen LogP contribution in [0.3, 0.4) is 0 Å². The van der Waals surface area contributed by atoms with E-state index in [4.69, 9.17) is 11.6 Å². The normalized spacial score (nSPS) is 14.9. The standard InChI is InChI=1S/C13H18ClF/c1-3-5-10(2)13(14)9-11-6-4-7-12(15)8-11/h4,6-8,10,13H,3,5,9H2,1-2H3. The quantitative estimate of drug-likeness (QED) is 0.655. The molecule has 0 aliphatic heterocycles. The summed E-state index contributed by atoms with van der Waals surface area (Å²) in [5.41, 5.74) is 0.984. The Morgan fingerprint density at radius 3 is 2.73 bits per heavy atom. The number of rotatable bonds is 5. The van der Waals surface area contributed by atoms with Gasteiger partial charge in [-0.05, 0) is 36.5 Å². The summed E-state index contributed by atoms with van der Waals surface area (Å²) >= 11 is 6.27. The molecule has 2 unspecified atom stereocenters. The molecule has 0 spiro atoms. The van der Waals surface area contributed by atoms with Gasteiger partial charge in [0.1, 0.15) is 5.82 Å². The zero-order chi connectivity index (χ0) is 11.3.